The highest BCUT2D eigenvalue weighted by atomic mass is 16.5. The fourth-order valence-electron chi connectivity index (χ4n) is 2.14. The molecule has 1 saturated carbocycles. The van der Waals surface area contributed by atoms with Crippen LogP contribution in [-0.2, 0) is 9.53 Å². The van der Waals surface area contributed by atoms with E-state index in [-0.39, 0.29) is 17.8 Å². The maximum atomic E-state index is 11.5. The van der Waals surface area contributed by atoms with Gasteiger partial charge in [0.15, 0.2) is 5.78 Å². The molecule has 12 heavy (non-hydrogen) atoms. The van der Waals surface area contributed by atoms with Crippen LogP contribution in [0.15, 0.2) is 11.8 Å². The highest BCUT2D eigenvalue weighted by Gasteiger charge is 2.34. The Labute approximate surface area is 72.6 Å². The van der Waals surface area contributed by atoms with E-state index in [1.54, 1.807) is 6.08 Å². The van der Waals surface area contributed by atoms with Crippen LogP contribution in [0.3, 0.4) is 0 Å². The number of fused-ring (bicyclic) bond motifs is 1. The van der Waals surface area contributed by atoms with Crippen LogP contribution < -0.4 is 0 Å². The molecule has 1 heterocycles. The lowest BCUT2D eigenvalue weighted by atomic mass is 9.82. The van der Waals surface area contributed by atoms with Crippen LogP contribution in [0.2, 0.25) is 0 Å². The summed E-state index contributed by atoms with van der Waals surface area (Å²) in [5.41, 5.74) is 0. The van der Waals surface area contributed by atoms with Crippen LogP contribution >= 0.6 is 0 Å². The van der Waals surface area contributed by atoms with E-state index in [4.69, 9.17) is 4.74 Å². The van der Waals surface area contributed by atoms with Crippen LogP contribution in [0.4, 0.5) is 0 Å². The van der Waals surface area contributed by atoms with Gasteiger partial charge in [-0.1, -0.05) is 6.42 Å². The predicted octanol–water partition coefficient (Wildman–Crippen LogP) is 2.05. The molecule has 0 spiro atoms. The number of carbonyl (C=O) groups excluding carboxylic acids is 1. The molecule has 0 radical (unpaired) electrons. The van der Waals surface area contributed by atoms with Crippen molar-refractivity contribution in [2.24, 2.45) is 5.92 Å². The molecule has 1 aliphatic carbocycles. The van der Waals surface area contributed by atoms with Crippen molar-refractivity contribution in [3.63, 3.8) is 0 Å². The zero-order valence-corrected chi connectivity index (χ0v) is 7.38. The lowest BCUT2D eigenvalue weighted by Crippen LogP contribution is -2.35. The molecule has 1 fully saturated rings. The molecule has 2 aliphatic rings. The minimum atomic E-state index is 0.169. The van der Waals surface area contributed by atoms with Gasteiger partial charge in [0.25, 0.3) is 0 Å². The van der Waals surface area contributed by atoms with Gasteiger partial charge in [-0.2, -0.15) is 0 Å². The lowest BCUT2D eigenvalue weighted by Gasteiger charge is -2.33. The maximum absolute atomic E-state index is 11.5. The smallest absolute Gasteiger partial charge is 0.165 e. The van der Waals surface area contributed by atoms with Gasteiger partial charge < -0.3 is 4.74 Å². The van der Waals surface area contributed by atoms with Crippen LogP contribution in [0.5, 0.6) is 0 Å². The van der Waals surface area contributed by atoms with Crippen molar-refractivity contribution in [1.29, 1.82) is 0 Å². The van der Waals surface area contributed by atoms with Gasteiger partial charge in [-0.3, -0.25) is 4.79 Å². The number of ether oxygens (including phenoxy) is 1. The molecular formula is C10H14O2. The Hall–Kier alpha value is -0.790. The fourth-order valence-corrected chi connectivity index (χ4v) is 2.14. The number of ketones is 1. The Morgan fingerprint density at radius 1 is 1.42 bits per heavy atom. The van der Waals surface area contributed by atoms with E-state index in [0.29, 0.717) is 0 Å². The third-order valence-electron chi connectivity index (χ3n) is 2.75. The first-order chi connectivity index (χ1) is 5.77. The number of carbonyl (C=O) groups is 1. The molecule has 2 rings (SSSR count). The minimum absolute atomic E-state index is 0.169. The molecule has 0 aromatic rings. The molecule has 0 N–H and O–H groups in total. The van der Waals surface area contributed by atoms with E-state index in [2.05, 4.69) is 0 Å². The van der Waals surface area contributed by atoms with E-state index < -0.39 is 0 Å². The van der Waals surface area contributed by atoms with Gasteiger partial charge in [-0.15, -0.1) is 0 Å². The van der Waals surface area contributed by atoms with Crippen molar-refractivity contribution < 1.29 is 9.53 Å². The van der Waals surface area contributed by atoms with Crippen molar-refractivity contribution >= 4 is 5.78 Å². The molecule has 0 aromatic carbocycles. The second-order valence-electron chi connectivity index (χ2n) is 3.70. The summed E-state index contributed by atoms with van der Waals surface area (Å²) in [5.74, 6) is 1.24. The minimum Gasteiger partial charge on any atom is -0.494 e. The fraction of sp³-hybridized carbons (Fsp3) is 0.700. The van der Waals surface area contributed by atoms with Crippen LogP contribution in [0.25, 0.3) is 0 Å². The first kappa shape index (κ1) is 7.84. The summed E-state index contributed by atoms with van der Waals surface area (Å²) in [5, 5.41) is 0. The Morgan fingerprint density at radius 3 is 3.00 bits per heavy atom. The molecule has 0 amide bonds. The Balaban J connectivity index is 2.18. The number of allylic oxidation sites excluding steroid dienone is 2. The molecular weight excluding hydrogens is 152 g/mol. The van der Waals surface area contributed by atoms with Crippen LogP contribution in [0.1, 0.15) is 32.6 Å². The Morgan fingerprint density at radius 2 is 2.17 bits per heavy atom. The molecule has 1 aliphatic heterocycles. The van der Waals surface area contributed by atoms with E-state index in [0.717, 1.165) is 18.6 Å². The van der Waals surface area contributed by atoms with Crippen molar-refractivity contribution in [3.05, 3.63) is 11.8 Å². The molecule has 2 nitrogen and oxygen atoms in total. The molecule has 0 aromatic heterocycles. The van der Waals surface area contributed by atoms with Gasteiger partial charge in [0.05, 0.1) is 11.7 Å². The van der Waals surface area contributed by atoms with Crippen LogP contribution in [-0.4, -0.2) is 11.9 Å². The number of hydrogen-bond acceptors (Lipinski definition) is 2. The SMILES string of the molecule is CC1=CC(=O)C2CCCCC2O1. The van der Waals surface area contributed by atoms with Gasteiger partial charge in [0.2, 0.25) is 0 Å². The highest BCUT2D eigenvalue weighted by Crippen LogP contribution is 2.32. The first-order valence-electron chi connectivity index (χ1n) is 4.66. The Kier molecular flexibility index (Phi) is 1.91. The first-order valence-corrected chi connectivity index (χ1v) is 4.66. The normalized spacial score (nSPS) is 35.1. The summed E-state index contributed by atoms with van der Waals surface area (Å²) in [7, 11) is 0. The van der Waals surface area contributed by atoms with Crippen LogP contribution in [0, 0.1) is 5.92 Å². The largest absolute Gasteiger partial charge is 0.494 e. The summed E-state index contributed by atoms with van der Waals surface area (Å²) >= 11 is 0. The van der Waals surface area contributed by atoms with Crippen molar-refractivity contribution in [3.8, 4) is 0 Å². The van der Waals surface area contributed by atoms with Gasteiger partial charge in [-0.05, 0) is 26.2 Å². The molecule has 0 bridgehead atoms. The van der Waals surface area contributed by atoms with E-state index in [1.165, 1.54) is 12.8 Å². The molecule has 2 atom stereocenters. The molecule has 2 unspecified atom stereocenters. The van der Waals surface area contributed by atoms with Gasteiger partial charge >= 0.3 is 0 Å². The van der Waals surface area contributed by atoms with Gasteiger partial charge in [-0.25, -0.2) is 0 Å². The molecule has 66 valence electrons. The quantitative estimate of drug-likeness (QED) is 0.550. The lowest BCUT2D eigenvalue weighted by molar-refractivity contribution is -0.126. The van der Waals surface area contributed by atoms with E-state index >= 15 is 0 Å². The third-order valence-corrected chi connectivity index (χ3v) is 2.75. The predicted molar refractivity (Wildman–Crippen MR) is 45.6 cm³/mol. The molecule has 0 saturated heterocycles. The summed E-state index contributed by atoms with van der Waals surface area (Å²) in [6.45, 7) is 1.86. The second-order valence-corrected chi connectivity index (χ2v) is 3.70. The van der Waals surface area contributed by atoms with Gasteiger partial charge in [0, 0.05) is 6.08 Å². The number of hydrogen-bond donors (Lipinski definition) is 0. The summed E-state index contributed by atoms with van der Waals surface area (Å²) in [6.07, 6.45) is 6.31. The van der Waals surface area contributed by atoms with E-state index in [9.17, 15) is 4.79 Å². The monoisotopic (exact) mass is 166 g/mol. The standard InChI is InChI=1S/C10H14O2/c1-7-6-9(11)8-4-2-3-5-10(8)12-7/h6,8,10H,2-5H2,1H3. The van der Waals surface area contributed by atoms with Gasteiger partial charge in [0.1, 0.15) is 6.10 Å². The zero-order chi connectivity index (χ0) is 8.55. The molecule has 2 heteroatoms. The van der Waals surface area contributed by atoms with Crippen molar-refractivity contribution in [1.82, 2.24) is 0 Å². The highest BCUT2D eigenvalue weighted by molar-refractivity contribution is 5.93. The topological polar surface area (TPSA) is 26.3 Å². The summed E-state index contributed by atoms with van der Waals surface area (Å²) in [6, 6.07) is 0. The number of rotatable bonds is 0. The summed E-state index contributed by atoms with van der Waals surface area (Å²) < 4.78 is 5.60. The maximum Gasteiger partial charge on any atom is 0.165 e. The summed E-state index contributed by atoms with van der Waals surface area (Å²) in [4.78, 5) is 11.5. The third kappa shape index (κ3) is 1.26. The van der Waals surface area contributed by atoms with E-state index in [1.807, 2.05) is 6.92 Å². The van der Waals surface area contributed by atoms with Crippen molar-refractivity contribution in [2.45, 2.75) is 38.7 Å². The average molecular weight is 166 g/mol. The second kappa shape index (κ2) is 2.92. The Bertz CT molecular complexity index is 230. The zero-order valence-electron chi connectivity index (χ0n) is 7.38. The van der Waals surface area contributed by atoms with Crippen molar-refractivity contribution in [2.75, 3.05) is 0 Å². The average Bonchev–Trinajstić information content (AvgIpc) is 2.04.